The minimum absolute atomic E-state index is 0.0491. The largest absolute Gasteiger partial charge is 0.324 e. The Balaban J connectivity index is 1.41. The van der Waals surface area contributed by atoms with Crippen LogP contribution in [0.15, 0.2) is 34.4 Å². The van der Waals surface area contributed by atoms with Crippen LogP contribution in [0.25, 0.3) is 0 Å². The fourth-order valence-corrected chi connectivity index (χ4v) is 3.99. The van der Waals surface area contributed by atoms with Crippen LogP contribution in [0.2, 0.25) is 5.02 Å². The average molecular weight is 395 g/mol. The smallest absolute Gasteiger partial charge is 0.307 e. The van der Waals surface area contributed by atoms with Gasteiger partial charge in [0.05, 0.1) is 17.3 Å². The molecule has 26 heavy (non-hydrogen) atoms. The molecule has 1 amide bonds. The number of aromatic nitrogens is 1. The molecule has 6 nitrogen and oxygen atoms in total. The Morgan fingerprint density at radius 3 is 2.50 bits per heavy atom. The predicted molar refractivity (Wildman–Crippen MR) is 106 cm³/mol. The highest BCUT2D eigenvalue weighted by molar-refractivity contribution is 7.07. The van der Waals surface area contributed by atoms with Gasteiger partial charge in [0.25, 0.3) is 0 Å². The van der Waals surface area contributed by atoms with E-state index in [0.29, 0.717) is 17.3 Å². The lowest BCUT2D eigenvalue weighted by Crippen LogP contribution is -2.49. The highest BCUT2D eigenvalue weighted by Gasteiger charge is 2.19. The van der Waals surface area contributed by atoms with Crippen molar-refractivity contribution in [3.63, 3.8) is 0 Å². The first-order valence-electron chi connectivity index (χ1n) is 8.67. The van der Waals surface area contributed by atoms with E-state index < -0.39 is 0 Å². The quantitative estimate of drug-likeness (QED) is 0.815. The van der Waals surface area contributed by atoms with E-state index in [1.807, 2.05) is 29.0 Å². The van der Waals surface area contributed by atoms with Crippen molar-refractivity contribution < 1.29 is 4.79 Å². The van der Waals surface area contributed by atoms with Gasteiger partial charge in [-0.15, -0.1) is 0 Å². The first-order chi connectivity index (χ1) is 12.5. The van der Waals surface area contributed by atoms with Crippen LogP contribution in [0.1, 0.15) is 5.69 Å². The van der Waals surface area contributed by atoms with Gasteiger partial charge in [-0.2, -0.15) is 0 Å². The van der Waals surface area contributed by atoms with E-state index in [0.717, 1.165) is 45.0 Å². The van der Waals surface area contributed by atoms with Gasteiger partial charge >= 0.3 is 4.87 Å². The summed E-state index contributed by atoms with van der Waals surface area (Å²) in [7, 11) is 0. The molecule has 1 N–H and O–H groups in total. The number of para-hydroxylation sites is 1. The lowest BCUT2D eigenvalue weighted by Gasteiger charge is -2.34. The number of halogens is 1. The van der Waals surface area contributed by atoms with Gasteiger partial charge < -0.3 is 9.88 Å². The molecule has 1 aliphatic heterocycles. The second-order valence-electron chi connectivity index (χ2n) is 6.44. The lowest BCUT2D eigenvalue weighted by molar-refractivity contribution is -0.117. The van der Waals surface area contributed by atoms with Crippen LogP contribution in [-0.2, 0) is 11.3 Å². The Morgan fingerprint density at radius 2 is 1.85 bits per heavy atom. The van der Waals surface area contributed by atoms with Crippen LogP contribution in [0.5, 0.6) is 0 Å². The summed E-state index contributed by atoms with van der Waals surface area (Å²) in [6.07, 6.45) is 0. The summed E-state index contributed by atoms with van der Waals surface area (Å²) in [5.41, 5.74) is 1.67. The first kappa shape index (κ1) is 19.1. The number of carbonyl (C=O) groups is 1. The topological polar surface area (TPSA) is 57.6 Å². The third kappa shape index (κ3) is 4.94. The maximum atomic E-state index is 12.2. The summed E-state index contributed by atoms with van der Waals surface area (Å²) in [4.78, 5) is 28.6. The van der Waals surface area contributed by atoms with E-state index in [9.17, 15) is 9.59 Å². The number of hydrogen-bond donors (Lipinski definition) is 1. The fraction of sp³-hybridized carbons (Fsp3) is 0.444. The van der Waals surface area contributed by atoms with E-state index >= 15 is 0 Å². The van der Waals surface area contributed by atoms with Crippen LogP contribution >= 0.6 is 22.9 Å². The highest BCUT2D eigenvalue weighted by atomic mass is 35.5. The molecule has 0 radical (unpaired) electrons. The number of thiazole rings is 1. The number of piperazine rings is 1. The van der Waals surface area contributed by atoms with Gasteiger partial charge in [-0.05, 0) is 19.1 Å². The molecule has 2 aromatic rings. The standard InChI is InChI=1S/C18H23ClN4O2S/c1-14-13-26-18(25)23(14)11-10-21-6-8-22(9-7-21)12-17(24)20-16-5-3-2-4-15(16)19/h2-5,13H,6-12H2,1H3,(H,20,24). The Labute approximate surface area is 162 Å². The second kappa shape index (κ2) is 8.81. The molecular formula is C18H23ClN4O2S. The van der Waals surface area contributed by atoms with E-state index in [1.165, 1.54) is 11.3 Å². The predicted octanol–water partition coefficient (Wildman–Crippen LogP) is 2.13. The van der Waals surface area contributed by atoms with Crippen molar-refractivity contribution in [1.82, 2.24) is 14.4 Å². The van der Waals surface area contributed by atoms with E-state index in [1.54, 1.807) is 12.1 Å². The number of aryl methyl sites for hydroxylation is 1. The molecule has 0 atom stereocenters. The van der Waals surface area contributed by atoms with E-state index in [-0.39, 0.29) is 10.8 Å². The monoisotopic (exact) mass is 394 g/mol. The molecule has 1 aliphatic rings. The van der Waals surface area contributed by atoms with Crippen LogP contribution in [0, 0.1) is 6.92 Å². The number of amides is 1. The highest BCUT2D eigenvalue weighted by Crippen LogP contribution is 2.20. The Morgan fingerprint density at radius 1 is 1.15 bits per heavy atom. The van der Waals surface area contributed by atoms with E-state index in [2.05, 4.69) is 15.1 Å². The number of nitrogens with zero attached hydrogens (tertiary/aromatic N) is 3. The number of benzene rings is 1. The van der Waals surface area contributed by atoms with Crippen molar-refractivity contribution >= 4 is 34.5 Å². The summed E-state index contributed by atoms with van der Waals surface area (Å²) in [5, 5.41) is 5.31. The van der Waals surface area contributed by atoms with E-state index in [4.69, 9.17) is 11.6 Å². The Bertz CT molecular complexity index is 812. The van der Waals surface area contributed by atoms with Gasteiger partial charge in [-0.25, -0.2) is 0 Å². The van der Waals surface area contributed by atoms with Gasteiger partial charge in [0, 0.05) is 50.3 Å². The molecule has 1 fully saturated rings. The van der Waals surface area contributed by atoms with Gasteiger partial charge in [-0.1, -0.05) is 35.1 Å². The number of anilines is 1. The summed E-state index contributed by atoms with van der Waals surface area (Å²) < 4.78 is 1.83. The molecule has 1 saturated heterocycles. The van der Waals surface area contributed by atoms with Crippen molar-refractivity contribution in [3.05, 3.63) is 50.0 Å². The van der Waals surface area contributed by atoms with Crippen molar-refractivity contribution in [1.29, 1.82) is 0 Å². The first-order valence-corrected chi connectivity index (χ1v) is 9.93. The Kier molecular flexibility index (Phi) is 6.48. The number of carbonyl (C=O) groups excluding carboxylic acids is 1. The molecule has 3 rings (SSSR count). The average Bonchev–Trinajstić information content (AvgIpc) is 2.94. The summed E-state index contributed by atoms with van der Waals surface area (Å²) in [6.45, 7) is 7.39. The lowest BCUT2D eigenvalue weighted by atomic mass is 10.3. The van der Waals surface area contributed by atoms with Gasteiger partial charge in [0.2, 0.25) is 5.91 Å². The number of nitrogens with one attached hydrogen (secondary N) is 1. The fourth-order valence-electron chi connectivity index (χ4n) is 3.04. The molecule has 8 heteroatoms. The Hall–Kier alpha value is -1.67. The molecule has 0 bridgehead atoms. The van der Waals surface area contributed by atoms with Gasteiger partial charge in [0.15, 0.2) is 0 Å². The molecule has 2 heterocycles. The second-order valence-corrected chi connectivity index (χ2v) is 7.67. The van der Waals surface area contributed by atoms with Crippen molar-refractivity contribution in [2.45, 2.75) is 13.5 Å². The third-order valence-electron chi connectivity index (χ3n) is 4.60. The molecule has 1 aromatic carbocycles. The summed E-state index contributed by atoms with van der Waals surface area (Å²) in [6, 6.07) is 7.24. The minimum atomic E-state index is -0.0491. The SMILES string of the molecule is Cc1csc(=O)n1CCN1CCN(CC(=O)Nc2ccccc2Cl)CC1. The number of hydrogen-bond acceptors (Lipinski definition) is 5. The summed E-state index contributed by atoms with van der Waals surface area (Å²) in [5.74, 6) is -0.0491. The van der Waals surface area contributed by atoms with Gasteiger partial charge in [-0.3, -0.25) is 19.4 Å². The van der Waals surface area contributed by atoms with Gasteiger partial charge in [0.1, 0.15) is 0 Å². The van der Waals surface area contributed by atoms with Crippen LogP contribution in [0.3, 0.4) is 0 Å². The zero-order valence-electron chi connectivity index (χ0n) is 14.8. The van der Waals surface area contributed by atoms with Crippen LogP contribution < -0.4 is 10.2 Å². The normalized spacial score (nSPS) is 15.9. The minimum Gasteiger partial charge on any atom is -0.324 e. The van der Waals surface area contributed by atoms with Crippen molar-refractivity contribution in [2.75, 3.05) is 44.6 Å². The molecule has 140 valence electrons. The summed E-state index contributed by atoms with van der Waals surface area (Å²) >= 11 is 7.32. The van der Waals surface area contributed by atoms with Crippen LogP contribution in [-0.4, -0.2) is 59.5 Å². The third-order valence-corrected chi connectivity index (χ3v) is 5.81. The zero-order valence-corrected chi connectivity index (χ0v) is 16.4. The molecular weight excluding hydrogens is 372 g/mol. The van der Waals surface area contributed by atoms with Crippen LogP contribution in [0.4, 0.5) is 5.69 Å². The molecule has 0 saturated carbocycles. The van der Waals surface area contributed by atoms with Crippen molar-refractivity contribution in [3.8, 4) is 0 Å². The zero-order chi connectivity index (χ0) is 18.5. The van der Waals surface area contributed by atoms with Crippen molar-refractivity contribution in [2.24, 2.45) is 0 Å². The maximum absolute atomic E-state index is 12.2. The maximum Gasteiger partial charge on any atom is 0.307 e. The molecule has 1 aromatic heterocycles. The molecule has 0 spiro atoms. The number of rotatable bonds is 6. The molecule has 0 aliphatic carbocycles. The molecule has 0 unspecified atom stereocenters.